The molecule has 0 aliphatic heterocycles. The summed E-state index contributed by atoms with van der Waals surface area (Å²) in [7, 11) is -2.79. The fourth-order valence-electron chi connectivity index (χ4n) is 4.14. The number of benzene rings is 2. The van der Waals surface area contributed by atoms with E-state index in [4.69, 9.17) is 4.74 Å². The van der Waals surface area contributed by atoms with E-state index >= 15 is 0 Å². The van der Waals surface area contributed by atoms with E-state index < -0.39 is 21.1 Å². The van der Waals surface area contributed by atoms with Crippen LogP contribution < -0.4 is 13.9 Å². The van der Waals surface area contributed by atoms with Crippen molar-refractivity contribution in [3.8, 4) is 5.75 Å². The normalized spacial score (nSPS) is 12.9. The van der Waals surface area contributed by atoms with Crippen LogP contribution in [0.1, 0.15) is 33.3 Å². The average Bonchev–Trinajstić information content (AvgIpc) is 2.76. The van der Waals surface area contributed by atoms with Crippen molar-refractivity contribution in [1.82, 2.24) is 0 Å². The number of rotatable bonds is 13. The molecule has 0 fully saturated rings. The lowest BCUT2D eigenvalue weighted by Gasteiger charge is -2.30. The van der Waals surface area contributed by atoms with Gasteiger partial charge < -0.3 is 14.7 Å². The molecular weight excluding hydrogens is 470 g/mol. The number of nitrogens with zero attached hydrogens (tertiary/aromatic N) is 2. The molecular formula is C25H38N3O6S+. The van der Waals surface area contributed by atoms with E-state index in [0.29, 0.717) is 18.4 Å². The van der Waals surface area contributed by atoms with Crippen molar-refractivity contribution in [1.29, 1.82) is 0 Å². The molecule has 0 bridgehead atoms. The molecule has 0 spiro atoms. The van der Waals surface area contributed by atoms with Crippen molar-refractivity contribution in [3.63, 3.8) is 0 Å². The molecule has 2 N–H and O–H groups in total. The van der Waals surface area contributed by atoms with Crippen molar-refractivity contribution < 1.29 is 28.1 Å². The van der Waals surface area contributed by atoms with Crippen LogP contribution in [0.5, 0.6) is 5.75 Å². The molecule has 0 heterocycles. The maximum absolute atomic E-state index is 13.8. The summed E-state index contributed by atoms with van der Waals surface area (Å²) in [5, 5.41) is 22.5. The number of anilines is 1. The van der Waals surface area contributed by atoms with Crippen LogP contribution in [0, 0.1) is 28.9 Å². The number of nitro groups is 1. The largest absolute Gasteiger partial charge is 0.495 e. The molecule has 0 aliphatic carbocycles. The molecule has 0 amide bonds. The molecule has 0 saturated carbocycles. The van der Waals surface area contributed by atoms with Crippen LogP contribution in [-0.2, 0) is 10.0 Å². The first-order chi connectivity index (χ1) is 16.3. The number of nitrogens with one attached hydrogen (secondary N) is 1. The summed E-state index contributed by atoms with van der Waals surface area (Å²) in [6, 6.07) is 10.1. The van der Waals surface area contributed by atoms with Crippen molar-refractivity contribution in [2.45, 2.75) is 45.6 Å². The third kappa shape index (κ3) is 7.91. The average molecular weight is 509 g/mol. The summed E-state index contributed by atoms with van der Waals surface area (Å²) in [5.41, 5.74) is 0.631. The van der Waals surface area contributed by atoms with Crippen molar-refractivity contribution >= 4 is 21.4 Å². The lowest BCUT2D eigenvalue weighted by Crippen LogP contribution is -3.14. The summed E-state index contributed by atoms with van der Waals surface area (Å²) < 4.78 is 33.9. The van der Waals surface area contributed by atoms with Crippen LogP contribution in [0.4, 0.5) is 11.4 Å². The number of non-ortho nitro benzene ring substituents is 1. The Labute approximate surface area is 208 Å². The quantitative estimate of drug-likeness (QED) is 0.318. The van der Waals surface area contributed by atoms with E-state index in [1.54, 1.807) is 12.1 Å². The molecule has 2 aromatic rings. The molecule has 10 heteroatoms. The van der Waals surface area contributed by atoms with Gasteiger partial charge in [0.05, 0.1) is 36.6 Å². The molecule has 2 rings (SSSR count). The first-order valence-electron chi connectivity index (χ1n) is 11.8. The van der Waals surface area contributed by atoms with Gasteiger partial charge in [0.15, 0.2) is 0 Å². The SMILES string of the molecule is COc1ccc([N+](=O)[O-])cc1N(CC(O)C[NH+](CC(C)C)CC(C)C)S(=O)(=O)c1ccc(C)cc1. The van der Waals surface area contributed by atoms with Gasteiger partial charge in [0, 0.05) is 24.0 Å². The van der Waals surface area contributed by atoms with E-state index in [2.05, 4.69) is 27.7 Å². The Kier molecular flexibility index (Phi) is 10.1. The number of methoxy groups -OCH3 is 1. The molecule has 1 unspecified atom stereocenters. The number of aliphatic hydroxyl groups excluding tert-OH is 1. The maximum atomic E-state index is 13.8. The summed E-state index contributed by atoms with van der Waals surface area (Å²) in [6.07, 6.45) is -1.01. The second-order valence-electron chi connectivity index (χ2n) is 9.77. The minimum absolute atomic E-state index is 0.00981. The summed E-state index contributed by atoms with van der Waals surface area (Å²) in [5.74, 6) is 0.965. The van der Waals surface area contributed by atoms with Gasteiger partial charge in [-0.25, -0.2) is 8.42 Å². The van der Waals surface area contributed by atoms with Crippen LogP contribution in [-0.4, -0.2) is 57.8 Å². The number of aliphatic hydroxyl groups is 1. The van der Waals surface area contributed by atoms with E-state index in [-0.39, 0.29) is 28.6 Å². The van der Waals surface area contributed by atoms with E-state index in [0.717, 1.165) is 23.0 Å². The first kappa shape index (κ1) is 28.5. The van der Waals surface area contributed by atoms with Gasteiger partial charge in [-0.1, -0.05) is 45.4 Å². The fourth-order valence-corrected chi connectivity index (χ4v) is 5.65. The lowest BCUT2D eigenvalue weighted by molar-refractivity contribution is -0.909. The zero-order valence-corrected chi connectivity index (χ0v) is 22.2. The van der Waals surface area contributed by atoms with E-state index in [1.807, 2.05) is 6.92 Å². The van der Waals surface area contributed by atoms with Gasteiger partial charge in [0.25, 0.3) is 15.7 Å². The van der Waals surface area contributed by atoms with Gasteiger partial charge in [-0.05, 0) is 25.1 Å². The van der Waals surface area contributed by atoms with Gasteiger partial charge in [-0.3, -0.25) is 14.4 Å². The second kappa shape index (κ2) is 12.3. The third-order valence-corrected chi connectivity index (χ3v) is 7.34. The predicted octanol–water partition coefficient (Wildman–Crippen LogP) is 2.66. The first-order valence-corrected chi connectivity index (χ1v) is 13.2. The molecule has 0 radical (unpaired) electrons. The Balaban J connectivity index is 2.53. The lowest BCUT2D eigenvalue weighted by atomic mass is 10.1. The summed E-state index contributed by atoms with van der Waals surface area (Å²) >= 11 is 0. The Hall–Kier alpha value is -2.69. The van der Waals surface area contributed by atoms with Gasteiger partial charge >= 0.3 is 0 Å². The van der Waals surface area contributed by atoms with Gasteiger partial charge in [-0.2, -0.15) is 0 Å². The summed E-state index contributed by atoms with van der Waals surface area (Å²) in [4.78, 5) is 12.1. The minimum Gasteiger partial charge on any atom is -0.495 e. The molecule has 2 aromatic carbocycles. The highest BCUT2D eigenvalue weighted by atomic mass is 32.2. The molecule has 1 atom stereocenters. The number of hydrogen-bond acceptors (Lipinski definition) is 6. The maximum Gasteiger partial charge on any atom is 0.271 e. The molecule has 9 nitrogen and oxygen atoms in total. The second-order valence-corrected chi connectivity index (χ2v) is 11.6. The zero-order chi connectivity index (χ0) is 26.3. The van der Waals surface area contributed by atoms with Crippen LogP contribution in [0.25, 0.3) is 0 Å². The molecule has 0 saturated heterocycles. The number of sulfonamides is 1. The van der Waals surface area contributed by atoms with Crippen LogP contribution in [0.15, 0.2) is 47.4 Å². The topological polar surface area (TPSA) is 114 Å². The van der Waals surface area contributed by atoms with Crippen molar-refractivity contribution in [3.05, 3.63) is 58.1 Å². The van der Waals surface area contributed by atoms with E-state index in [9.17, 15) is 23.6 Å². The van der Waals surface area contributed by atoms with Gasteiger partial charge in [0.1, 0.15) is 24.1 Å². The zero-order valence-electron chi connectivity index (χ0n) is 21.4. The number of aryl methyl sites for hydroxylation is 1. The van der Waals surface area contributed by atoms with Crippen molar-refractivity contribution in [2.24, 2.45) is 11.8 Å². The predicted molar refractivity (Wildman–Crippen MR) is 137 cm³/mol. The van der Waals surface area contributed by atoms with Gasteiger partial charge in [-0.15, -0.1) is 0 Å². The number of hydrogen-bond donors (Lipinski definition) is 2. The highest BCUT2D eigenvalue weighted by molar-refractivity contribution is 7.92. The fraction of sp³-hybridized carbons (Fsp3) is 0.520. The standard InChI is InChI=1S/C25H37N3O6S/c1-18(2)14-26(15-19(3)4)16-22(29)17-27(35(32,33)23-10-7-20(5)8-11-23)24-13-21(28(30)31)9-12-25(24)34-6/h7-13,18-19,22,29H,14-17H2,1-6H3/p+1. The smallest absolute Gasteiger partial charge is 0.271 e. The van der Waals surface area contributed by atoms with Gasteiger partial charge in [0.2, 0.25) is 0 Å². The minimum atomic E-state index is -4.16. The van der Waals surface area contributed by atoms with Crippen LogP contribution in [0.2, 0.25) is 0 Å². The Morgan fingerprint density at radius 2 is 1.60 bits per heavy atom. The van der Waals surface area contributed by atoms with Crippen LogP contribution in [0.3, 0.4) is 0 Å². The number of ether oxygens (including phenoxy) is 1. The molecule has 0 aliphatic rings. The molecule has 194 valence electrons. The highest BCUT2D eigenvalue weighted by Gasteiger charge is 2.32. The number of quaternary nitrogens is 1. The monoisotopic (exact) mass is 508 g/mol. The Morgan fingerprint density at radius 1 is 1.03 bits per heavy atom. The van der Waals surface area contributed by atoms with Crippen molar-refractivity contribution in [2.75, 3.05) is 37.6 Å². The third-order valence-electron chi connectivity index (χ3n) is 5.55. The Bertz CT molecular complexity index is 1080. The van der Waals surface area contributed by atoms with E-state index in [1.165, 1.54) is 42.3 Å². The summed E-state index contributed by atoms with van der Waals surface area (Å²) in [6.45, 7) is 12.0. The van der Waals surface area contributed by atoms with Crippen LogP contribution >= 0.6 is 0 Å². The highest BCUT2D eigenvalue weighted by Crippen LogP contribution is 2.35. The molecule has 35 heavy (non-hydrogen) atoms. The Morgan fingerprint density at radius 3 is 2.09 bits per heavy atom. The molecule has 0 aromatic heterocycles. The number of nitro benzene ring substituents is 1.